The Balaban J connectivity index is 2.84. The average Bonchev–Trinajstić information content (AvgIpc) is 2.60. The molecule has 1 N–H and O–H groups in total. The quantitative estimate of drug-likeness (QED) is 0.371. The van der Waals surface area contributed by atoms with Crippen LogP contribution in [-0.4, -0.2) is 30.2 Å². The van der Waals surface area contributed by atoms with E-state index in [1.54, 1.807) is 12.1 Å². The fraction of sp³-hybridized carbons (Fsp3) is 0.524. The van der Waals surface area contributed by atoms with Gasteiger partial charge in [0, 0.05) is 42.2 Å². The van der Waals surface area contributed by atoms with Gasteiger partial charge in [0.2, 0.25) is 5.91 Å². The van der Waals surface area contributed by atoms with Crippen LogP contribution < -0.4 is 5.32 Å². The summed E-state index contributed by atoms with van der Waals surface area (Å²) in [5.41, 5.74) is 2.22. The number of hydrogen-bond donors (Lipinski definition) is 1. The molecule has 0 aliphatic carbocycles. The van der Waals surface area contributed by atoms with E-state index >= 15 is 0 Å². The minimum Gasteiger partial charge on any atom is -0.326 e. The average molecular weight is 342 g/mol. The first-order valence-corrected chi connectivity index (χ1v) is 9.04. The molecule has 0 aromatic heterocycles. The van der Waals surface area contributed by atoms with Gasteiger partial charge in [0.15, 0.2) is 0 Å². The van der Waals surface area contributed by atoms with E-state index in [0.717, 1.165) is 43.2 Å². The van der Waals surface area contributed by atoms with Gasteiger partial charge in [0.1, 0.15) is 6.29 Å². The number of rotatable bonds is 11. The van der Waals surface area contributed by atoms with Crippen molar-refractivity contribution in [2.75, 3.05) is 12.4 Å². The number of nitrogens with one attached hydrogen (secondary N) is 1. The van der Waals surface area contributed by atoms with Gasteiger partial charge in [-0.25, -0.2) is 0 Å². The molecular weight excluding hydrogens is 312 g/mol. The summed E-state index contributed by atoms with van der Waals surface area (Å²) in [7, 11) is 2.05. The van der Waals surface area contributed by atoms with Crippen molar-refractivity contribution in [1.29, 1.82) is 0 Å². The fourth-order valence-electron chi connectivity index (χ4n) is 2.78. The molecule has 1 aromatic rings. The first kappa shape index (κ1) is 20.9. The highest BCUT2D eigenvalue weighted by Crippen LogP contribution is 2.22. The van der Waals surface area contributed by atoms with Crippen molar-refractivity contribution in [3.63, 3.8) is 0 Å². The van der Waals surface area contributed by atoms with Crippen LogP contribution in [0, 0.1) is 12.3 Å². The lowest BCUT2D eigenvalue weighted by atomic mass is 10.0. The largest absolute Gasteiger partial charge is 0.326 e. The van der Waals surface area contributed by atoms with Crippen LogP contribution in [-0.2, 0) is 11.3 Å². The Morgan fingerprint density at radius 2 is 2.16 bits per heavy atom. The molecule has 0 radical (unpaired) electrons. The molecule has 0 aliphatic heterocycles. The van der Waals surface area contributed by atoms with Gasteiger partial charge < -0.3 is 5.32 Å². The third-order valence-electron chi connectivity index (χ3n) is 4.45. The summed E-state index contributed by atoms with van der Waals surface area (Å²) in [4.78, 5) is 25.8. The zero-order chi connectivity index (χ0) is 18.7. The van der Waals surface area contributed by atoms with Crippen LogP contribution in [0.1, 0.15) is 68.3 Å². The molecule has 25 heavy (non-hydrogen) atoms. The lowest BCUT2D eigenvalue weighted by Gasteiger charge is -2.26. The monoisotopic (exact) mass is 342 g/mol. The van der Waals surface area contributed by atoms with Gasteiger partial charge in [-0.05, 0) is 39.3 Å². The number of nitrogens with zero attached hydrogens (tertiary/aromatic N) is 1. The Bertz CT molecular complexity index is 604. The van der Waals surface area contributed by atoms with Crippen molar-refractivity contribution in [2.45, 2.75) is 65.0 Å². The van der Waals surface area contributed by atoms with Crippen LogP contribution in [0.15, 0.2) is 18.2 Å². The van der Waals surface area contributed by atoms with Gasteiger partial charge in [-0.1, -0.05) is 25.5 Å². The molecule has 0 fully saturated rings. The normalized spacial score (nSPS) is 11.8. The molecule has 1 aromatic carbocycles. The topological polar surface area (TPSA) is 49.4 Å². The van der Waals surface area contributed by atoms with Gasteiger partial charge >= 0.3 is 0 Å². The van der Waals surface area contributed by atoms with Crippen LogP contribution in [0.2, 0.25) is 0 Å². The van der Waals surface area contributed by atoms with Crippen molar-refractivity contribution in [1.82, 2.24) is 4.90 Å². The fourth-order valence-corrected chi connectivity index (χ4v) is 2.78. The van der Waals surface area contributed by atoms with Crippen molar-refractivity contribution in [3.8, 4) is 12.3 Å². The Labute approximate surface area is 152 Å². The standard InChI is InChI=1S/C21H30N2O2/c1-5-7-8-9-14-21(25)22-20-13-10-12-18(16-24)19(20)15-23(4)17(3)11-6-2/h1,10,12-13,16-17H,6-9,11,14-15H2,2-4H3,(H,22,25). The van der Waals surface area contributed by atoms with Crippen molar-refractivity contribution < 1.29 is 9.59 Å². The Morgan fingerprint density at radius 3 is 2.80 bits per heavy atom. The third kappa shape index (κ3) is 7.11. The number of carbonyl (C=O) groups excluding carboxylic acids is 2. The van der Waals surface area contributed by atoms with Gasteiger partial charge in [0.25, 0.3) is 0 Å². The summed E-state index contributed by atoms with van der Waals surface area (Å²) >= 11 is 0. The smallest absolute Gasteiger partial charge is 0.224 e. The maximum atomic E-state index is 12.2. The molecule has 0 bridgehead atoms. The number of amides is 1. The predicted molar refractivity (Wildman–Crippen MR) is 104 cm³/mol. The van der Waals surface area contributed by atoms with E-state index in [2.05, 4.69) is 30.0 Å². The highest BCUT2D eigenvalue weighted by molar-refractivity contribution is 5.93. The number of unbranched alkanes of at least 4 members (excludes halogenated alkanes) is 2. The molecule has 0 aliphatic rings. The van der Waals surface area contributed by atoms with Gasteiger partial charge in [-0.2, -0.15) is 0 Å². The predicted octanol–water partition coefficient (Wildman–Crippen LogP) is 4.25. The summed E-state index contributed by atoms with van der Waals surface area (Å²) in [6.07, 6.45) is 11.0. The van der Waals surface area contributed by atoms with Crippen LogP contribution in [0.5, 0.6) is 0 Å². The number of carbonyl (C=O) groups is 2. The first-order valence-electron chi connectivity index (χ1n) is 9.04. The van der Waals surface area contributed by atoms with E-state index < -0.39 is 0 Å². The summed E-state index contributed by atoms with van der Waals surface area (Å²) in [5, 5.41) is 2.96. The van der Waals surface area contributed by atoms with E-state index in [-0.39, 0.29) is 5.91 Å². The number of benzene rings is 1. The maximum absolute atomic E-state index is 12.2. The van der Waals surface area contributed by atoms with E-state index in [4.69, 9.17) is 6.42 Å². The molecule has 136 valence electrons. The number of anilines is 1. The van der Waals surface area contributed by atoms with E-state index in [9.17, 15) is 9.59 Å². The van der Waals surface area contributed by atoms with Crippen molar-refractivity contribution in [3.05, 3.63) is 29.3 Å². The zero-order valence-corrected chi connectivity index (χ0v) is 15.7. The van der Waals surface area contributed by atoms with E-state index in [0.29, 0.717) is 31.0 Å². The number of terminal acetylenes is 1. The molecule has 0 saturated carbocycles. The number of hydrogen-bond acceptors (Lipinski definition) is 3. The Hall–Kier alpha value is -2.12. The third-order valence-corrected chi connectivity index (χ3v) is 4.45. The minimum absolute atomic E-state index is 0.0365. The summed E-state index contributed by atoms with van der Waals surface area (Å²) in [6.45, 7) is 4.97. The second-order valence-electron chi connectivity index (χ2n) is 6.50. The molecule has 1 atom stereocenters. The van der Waals surface area contributed by atoms with E-state index in [1.165, 1.54) is 0 Å². The molecule has 4 nitrogen and oxygen atoms in total. The molecular formula is C21H30N2O2. The number of aldehydes is 1. The lowest BCUT2D eigenvalue weighted by Crippen LogP contribution is -2.29. The van der Waals surface area contributed by atoms with Crippen molar-refractivity contribution >= 4 is 17.9 Å². The molecule has 1 rings (SSSR count). The van der Waals surface area contributed by atoms with Gasteiger partial charge in [-0.3, -0.25) is 14.5 Å². The van der Waals surface area contributed by atoms with Crippen molar-refractivity contribution in [2.24, 2.45) is 0 Å². The van der Waals surface area contributed by atoms with Gasteiger partial charge in [-0.15, -0.1) is 12.3 Å². The van der Waals surface area contributed by atoms with Crippen LogP contribution in [0.25, 0.3) is 0 Å². The molecule has 1 amide bonds. The summed E-state index contributed by atoms with van der Waals surface area (Å²) < 4.78 is 0. The second-order valence-corrected chi connectivity index (χ2v) is 6.50. The summed E-state index contributed by atoms with van der Waals surface area (Å²) in [6, 6.07) is 5.87. The molecule has 0 heterocycles. The van der Waals surface area contributed by atoms with E-state index in [1.807, 2.05) is 13.1 Å². The molecule has 0 saturated heterocycles. The highest BCUT2D eigenvalue weighted by atomic mass is 16.1. The molecule has 0 spiro atoms. The lowest BCUT2D eigenvalue weighted by molar-refractivity contribution is -0.116. The molecule has 4 heteroatoms. The maximum Gasteiger partial charge on any atom is 0.224 e. The second kappa shape index (κ2) is 11.4. The van der Waals surface area contributed by atoms with Crippen LogP contribution in [0.3, 0.4) is 0 Å². The van der Waals surface area contributed by atoms with Crippen LogP contribution in [0.4, 0.5) is 5.69 Å². The Kier molecular flexibility index (Phi) is 9.57. The summed E-state index contributed by atoms with van der Waals surface area (Å²) in [5.74, 6) is 2.55. The SMILES string of the molecule is C#CCCCCC(=O)Nc1cccc(C=O)c1CN(C)C(C)CCC. The zero-order valence-electron chi connectivity index (χ0n) is 15.7. The highest BCUT2D eigenvalue weighted by Gasteiger charge is 2.15. The minimum atomic E-state index is -0.0365. The first-order chi connectivity index (χ1) is 12.0. The van der Waals surface area contributed by atoms with Crippen LogP contribution >= 0.6 is 0 Å². The molecule has 1 unspecified atom stereocenters. The van der Waals surface area contributed by atoms with Gasteiger partial charge in [0.05, 0.1) is 0 Å². The Morgan fingerprint density at radius 1 is 1.40 bits per heavy atom.